The molecule has 3 unspecified atom stereocenters. The highest BCUT2D eigenvalue weighted by Crippen LogP contribution is 2.85. The van der Waals surface area contributed by atoms with Gasteiger partial charge in [0.25, 0.3) is 0 Å². The maximum Gasteiger partial charge on any atom is 0.0374 e. The standard InChI is InChI=1S/C40H16/c1-11-2-14-3-13-4-15-6-18-9-19-8-17-7-16-5-12(1)21-20(11)26-24(14)27-22(13)23(15)32-34-30(27)29(26)31-28(21)25(16)33-35(31)38(34)40(37(18)32)10-39(19,40)36(17)33/h2,5-7,9,13H,1,3-4,8,10H2. The van der Waals surface area contributed by atoms with E-state index in [-0.39, 0.29) is 10.8 Å². The van der Waals surface area contributed by atoms with Crippen LogP contribution in [0.2, 0.25) is 0 Å². The molecule has 0 aliphatic heterocycles. The Morgan fingerprint density at radius 2 is 1.15 bits per heavy atom. The van der Waals surface area contributed by atoms with Crippen LogP contribution in [0.1, 0.15) is 68.0 Å². The molecule has 0 aromatic heterocycles. The van der Waals surface area contributed by atoms with E-state index in [1.54, 1.807) is 136 Å². The molecule has 0 heterocycles. The fourth-order valence-corrected chi connectivity index (χ4v) is 14.2. The molecule has 3 atom stereocenters. The molecule has 8 aliphatic rings. The summed E-state index contributed by atoms with van der Waals surface area (Å²) in [6, 6.07) is 10.7. The van der Waals surface area contributed by atoms with Crippen molar-refractivity contribution >= 4 is 92.3 Å². The van der Waals surface area contributed by atoms with Crippen molar-refractivity contribution < 1.29 is 0 Å². The number of hydrogen-bond donors (Lipinski definition) is 0. The molecule has 0 N–H and O–H groups in total. The van der Waals surface area contributed by atoms with E-state index in [9.17, 15) is 0 Å². The average Bonchev–Trinajstić information content (AvgIpc) is 3.47. The zero-order chi connectivity index (χ0) is 24.2. The molecule has 1 saturated carbocycles. The number of hydrogen-bond acceptors (Lipinski definition) is 0. The maximum atomic E-state index is 2.72. The summed E-state index contributed by atoms with van der Waals surface area (Å²) in [6.07, 6.45) is 8.83. The second-order valence-corrected chi connectivity index (χ2v) is 15.4. The molecule has 9 aromatic carbocycles. The summed E-state index contributed by atoms with van der Waals surface area (Å²) in [5, 5.41) is 26.9. The number of allylic oxidation sites excluding steroid dienone is 1. The molecule has 17 rings (SSSR count). The van der Waals surface area contributed by atoms with Crippen LogP contribution in [0.4, 0.5) is 0 Å². The number of benzene rings is 7. The van der Waals surface area contributed by atoms with Gasteiger partial charge in [0.2, 0.25) is 0 Å². The van der Waals surface area contributed by atoms with Gasteiger partial charge in [0.05, 0.1) is 0 Å². The van der Waals surface area contributed by atoms with E-state index in [0.717, 1.165) is 6.42 Å². The molecule has 40 heavy (non-hydrogen) atoms. The van der Waals surface area contributed by atoms with Crippen molar-refractivity contribution in [2.24, 2.45) is 0 Å². The first-order valence-electron chi connectivity index (χ1n) is 15.6. The van der Waals surface area contributed by atoms with E-state index in [0.29, 0.717) is 5.92 Å². The second kappa shape index (κ2) is 3.85. The predicted molar refractivity (Wildman–Crippen MR) is 163 cm³/mol. The van der Waals surface area contributed by atoms with E-state index in [2.05, 4.69) is 30.3 Å². The molecular formula is C40H16. The van der Waals surface area contributed by atoms with Gasteiger partial charge in [0.15, 0.2) is 0 Å². The highest BCUT2D eigenvalue weighted by molar-refractivity contribution is 6.57. The van der Waals surface area contributed by atoms with Crippen molar-refractivity contribution in [1.82, 2.24) is 0 Å². The zero-order valence-corrected chi connectivity index (χ0v) is 21.5. The third kappa shape index (κ3) is 0.981. The number of rotatable bonds is 0. The van der Waals surface area contributed by atoms with Crippen molar-refractivity contribution in [2.75, 3.05) is 0 Å². The van der Waals surface area contributed by atoms with Crippen LogP contribution in [-0.2, 0) is 36.5 Å². The maximum absolute atomic E-state index is 2.72. The smallest absolute Gasteiger partial charge is 0.0374 e. The van der Waals surface area contributed by atoms with Crippen LogP contribution < -0.4 is 0 Å². The van der Waals surface area contributed by atoms with Crippen LogP contribution in [0, 0.1) is 0 Å². The summed E-state index contributed by atoms with van der Waals surface area (Å²) in [6.45, 7) is 0. The Labute approximate surface area is 226 Å². The first-order chi connectivity index (χ1) is 19.8. The molecule has 0 heteroatoms. The summed E-state index contributed by atoms with van der Waals surface area (Å²) in [5.41, 5.74) is 19.2. The Morgan fingerprint density at radius 1 is 0.475 bits per heavy atom. The fraction of sp³-hybridized carbons (Fsp3) is 0.200. The molecule has 0 saturated heterocycles. The van der Waals surface area contributed by atoms with Gasteiger partial charge in [-0.05, 0) is 180 Å². The van der Waals surface area contributed by atoms with Crippen molar-refractivity contribution in [1.29, 1.82) is 0 Å². The summed E-state index contributed by atoms with van der Waals surface area (Å²) in [5.74, 6) is 0.665. The first-order valence-corrected chi connectivity index (χ1v) is 15.6. The van der Waals surface area contributed by atoms with Crippen LogP contribution in [0.25, 0.3) is 92.3 Å². The van der Waals surface area contributed by atoms with Crippen LogP contribution in [0.15, 0.2) is 29.8 Å². The van der Waals surface area contributed by atoms with Crippen LogP contribution in [0.3, 0.4) is 0 Å². The third-order valence-corrected chi connectivity index (χ3v) is 14.7. The summed E-state index contributed by atoms with van der Waals surface area (Å²) < 4.78 is 0. The largest absolute Gasteiger partial charge is 0.0542 e. The van der Waals surface area contributed by atoms with Gasteiger partial charge in [-0.3, -0.25) is 0 Å². The molecule has 8 aliphatic carbocycles. The van der Waals surface area contributed by atoms with E-state index < -0.39 is 0 Å². The SMILES string of the molecule is C1=C2Cc3cc4cc5c6c7c(cc8c9c%10c%11c%12c(cc1c1c%12c%12c%13c%14c(c3C23CC1%133)c4c6c%14c(c%12%10)c97)CC%11C8)C5. The fourth-order valence-electron chi connectivity index (χ4n) is 14.2. The molecular weight excluding hydrogens is 480 g/mol. The lowest BCUT2D eigenvalue weighted by atomic mass is 9.69. The molecule has 176 valence electrons. The van der Waals surface area contributed by atoms with Crippen molar-refractivity contribution in [3.63, 3.8) is 0 Å². The van der Waals surface area contributed by atoms with E-state index >= 15 is 0 Å². The molecule has 1 fully saturated rings. The van der Waals surface area contributed by atoms with Crippen LogP contribution in [-0.4, -0.2) is 0 Å². The van der Waals surface area contributed by atoms with Gasteiger partial charge in [0.1, 0.15) is 0 Å². The van der Waals surface area contributed by atoms with Gasteiger partial charge in [0, 0.05) is 10.8 Å². The molecule has 0 nitrogen and oxygen atoms in total. The van der Waals surface area contributed by atoms with Crippen molar-refractivity contribution in [3.8, 4) is 0 Å². The first kappa shape index (κ1) is 16.2. The Balaban J connectivity index is 1.45. The minimum atomic E-state index is 0.208. The lowest BCUT2D eigenvalue weighted by Crippen LogP contribution is -2.27. The Kier molecular flexibility index (Phi) is 1.56. The van der Waals surface area contributed by atoms with Gasteiger partial charge in [-0.1, -0.05) is 35.9 Å². The zero-order valence-electron chi connectivity index (χ0n) is 21.5. The summed E-state index contributed by atoms with van der Waals surface area (Å²) in [4.78, 5) is 0. The minimum Gasteiger partial charge on any atom is -0.0542 e. The lowest BCUT2D eigenvalue weighted by molar-refractivity contribution is 0.702. The Hall–Kier alpha value is -4.16. The van der Waals surface area contributed by atoms with Crippen molar-refractivity contribution in [2.45, 2.75) is 48.9 Å². The normalized spacial score (nSPS) is 29.1. The van der Waals surface area contributed by atoms with Crippen LogP contribution in [0.5, 0.6) is 0 Å². The van der Waals surface area contributed by atoms with Crippen molar-refractivity contribution in [3.05, 3.63) is 85.5 Å². The molecule has 0 bridgehead atoms. The van der Waals surface area contributed by atoms with Gasteiger partial charge in [-0.25, -0.2) is 0 Å². The summed E-state index contributed by atoms with van der Waals surface area (Å²) >= 11 is 0. The topological polar surface area (TPSA) is 0 Å². The average molecular weight is 497 g/mol. The Bertz CT molecular complexity index is 3110. The van der Waals surface area contributed by atoms with Gasteiger partial charge in [-0.2, -0.15) is 0 Å². The molecule has 0 radical (unpaired) electrons. The predicted octanol–water partition coefficient (Wildman–Crippen LogP) is 8.97. The monoisotopic (exact) mass is 496 g/mol. The highest BCUT2D eigenvalue weighted by Gasteiger charge is 2.79. The van der Waals surface area contributed by atoms with Gasteiger partial charge < -0.3 is 0 Å². The second-order valence-electron chi connectivity index (χ2n) is 15.4. The molecule has 2 spiro atoms. The third-order valence-electron chi connectivity index (χ3n) is 14.7. The van der Waals surface area contributed by atoms with E-state index in [1.807, 2.05) is 5.56 Å². The van der Waals surface area contributed by atoms with Crippen LogP contribution >= 0.6 is 0 Å². The molecule has 0 amide bonds. The minimum absolute atomic E-state index is 0.208. The summed E-state index contributed by atoms with van der Waals surface area (Å²) in [7, 11) is 0. The van der Waals surface area contributed by atoms with Gasteiger partial charge >= 0.3 is 0 Å². The Morgan fingerprint density at radius 3 is 2.08 bits per heavy atom. The van der Waals surface area contributed by atoms with Gasteiger partial charge in [-0.15, -0.1) is 0 Å². The highest BCUT2D eigenvalue weighted by atomic mass is 14.8. The van der Waals surface area contributed by atoms with E-state index in [4.69, 9.17) is 0 Å². The van der Waals surface area contributed by atoms with E-state index in [1.165, 1.54) is 31.1 Å². The molecule has 9 aromatic rings. The lowest BCUT2D eigenvalue weighted by Gasteiger charge is -2.33. The quantitative estimate of drug-likeness (QED) is 0.184.